The number of nitrogens with two attached hydrogens (primary N) is 1. The van der Waals surface area contributed by atoms with Crippen molar-refractivity contribution in [3.05, 3.63) is 41.5 Å². The number of aliphatic hydroxyl groups excluding tert-OH is 2. The molecule has 1 fully saturated rings. The molecule has 1 aromatic carbocycles. The van der Waals surface area contributed by atoms with Crippen LogP contribution < -0.4 is 22.5 Å². The molecule has 0 heterocycles. The fraction of sp³-hybridized carbons (Fsp3) is 0.625. The molecule has 0 radical (unpaired) electrons. The number of hydrogen-bond donors (Lipinski definition) is 3. The summed E-state index contributed by atoms with van der Waals surface area (Å²) in [6.07, 6.45) is 4.06. The molecular weight excluding hydrogens is 402 g/mol. The predicted octanol–water partition coefficient (Wildman–Crippen LogP) is 0.126. The highest BCUT2D eigenvalue weighted by Crippen LogP contribution is 2.45. The number of hydrogen-bond acceptors (Lipinski definition) is 4. The minimum absolute atomic E-state index is 0. The van der Waals surface area contributed by atoms with Gasteiger partial charge in [0.05, 0.1) is 25.3 Å². The molecular formula is C24H38ClNO4. The fourth-order valence-electron chi connectivity index (χ4n) is 4.79. The summed E-state index contributed by atoms with van der Waals surface area (Å²) in [5, 5.41) is 23.0. The molecule has 2 rings (SSSR count). The van der Waals surface area contributed by atoms with E-state index in [2.05, 4.69) is 26.1 Å². The normalized spacial score (nSPS) is 23.8. The Bertz CT molecular complexity index is 730. The second kappa shape index (κ2) is 11.3. The molecule has 0 amide bonds. The van der Waals surface area contributed by atoms with Crippen LogP contribution in [0, 0.1) is 10.8 Å². The minimum atomic E-state index is -0.602. The molecule has 4 N–H and O–H groups in total. The molecule has 0 aromatic heterocycles. The third kappa shape index (κ3) is 8.76. The highest BCUT2D eigenvalue weighted by Gasteiger charge is 2.41. The maximum absolute atomic E-state index is 11.8. The van der Waals surface area contributed by atoms with Crippen LogP contribution in [-0.2, 0) is 4.79 Å². The maximum atomic E-state index is 11.8. The number of carbonyl (C=O) groups excluding carboxylic acids is 1. The van der Waals surface area contributed by atoms with Crippen LogP contribution in [0.4, 0.5) is 0 Å². The molecule has 0 saturated heterocycles. The van der Waals surface area contributed by atoms with E-state index in [0.717, 1.165) is 43.5 Å². The third-order valence-corrected chi connectivity index (χ3v) is 5.57. The number of aliphatic hydroxyl groups is 2. The Kier molecular flexibility index (Phi) is 10.0. The molecule has 1 aliphatic rings. The van der Waals surface area contributed by atoms with E-state index < -0.39 is 12.1 Å². The third-order valence-electron chi connectivity index (χ3n) is 5.57. The standard InChI is InChI=1S/C24H37NO4.ClH/c1-17(2)11-22(28)29-20-8-6-7-18(12-20)21(27)9-10-25-16-24(5)14-19(26)13-23(3,4)15-24;/h6-8,11-12,19,21,25-27H,9-10,13-16H2,1-5H3;1H. The van der Waals surface area contributed by atoms with Crippen molar-refractivity contribution in [3.63, 3.8) is 0 Å². The molecule has 0 spiro atoms. The molecule has 1 aromatic rings. The van der Waals surface area contributed by atoms with Gasteiger partial charge in [0.1, 0.15) is 5.75 Å². The Morgan fingerprint density at radius 2 is 2.00 bits per heavy atom. The van der Waals surface area contributed by atoms with Gasteiger partial charge in [-0.15, -0.1) is 0 Å². The Morgan fingerprint density at radius 3 is 2.63 bits per heavy atom. The van der Waals surface area contributed by atoms with Crippen LogP contribution in [0.5, 0.6) is 5.75 Å². The van der Waals surface area contributed by atoms with Gasteiger partial charge in [0.25, 0.3) is 0 Å². The Morgan fingerprint density at radius 1 is 1.30 bits per heavy atom. The van der Waals surface area contributed by atoms with E-state index in [1.807, 2.05) is 19.9 Å². The van der Waals surface area contributed by atoms with Gasteiger partial charge in [-0.25, -0.2) is 4.79 Å². The second-order valence-electron chi connectivity index (χ2n) is 10.0. The lowest BCUT2D eigenvalue weighted by atomic mass is 9.63. The molecule has 30 heavy (non-hydrogen) atoms. The van der Waals surface area contributed by atoms with Gasteiger partial charge in [-0.05, 0) is 56.2 Å². The van der Waals surface area contributed by atoms with E-state index in [1.165, 1.54) is 6.08 Å². The summed E-state index contributed by atoms with van der Waals surface area (Å²) < 4.78 is 5.31. The monoisotopic (exact) mass is 439 g/mol. The molecule has 1 aliphatic carbocycles. The average molecular weight is 440 g/mol. The molecule has 170 valence electrons. The molecule has 5 nitrogen and oxygen atoms in total. The first kappa shape index (κ1) is 26.6. The molecule has 6 heteroatoms. The Balaban J connectivity index is 0.00000450. The van der Waals surface area contributed by atoms with Crippen molar-refractivity contribution in [1.29, 1.82) is 0 Å². The van der Waals surface area contributed by atoms with Gasteiger partial charge in [0.2, 0.25) is 0 Å². The van der Waals surface area contributed by atoms with E-state index in [1.54, 1.807) is 18.2 Å². The zero-order valence-electron chi connectivity index (χ0n) is 19.0. The Labute approximate surface area is 187 Å². The smallest absolute Gasteiger partial charge is 0.336 e. The van der Waals surface area contributed by atoms with Crippen molar-refractivity contribution in [2.45, 2.75) is 72.5 Å². The molecule has 0 aliphatic heterocycles. The summed E-state index contributed by atoms with van der Waals surface area (Å²) >= 11 is 0. The lowest BCUT2D eigenvalue weighted by molar-refractivity contribution is -0.668. The first-order valence-electron chi connectivity index (χ1n) is 10.6. The topological polar surface area (TPSA) is 83.4 Å². The fourth-order valence-corrected chi connectivity index (χ4v) is 4.79. The van der Waals surface area contributed by atoms with Crippen molar-refractivity contribution in [2.75, 3.05) is 13.1 Å². The quantitative estimate of drug-likeness (QED) is 0.233. The minimum Gasteiger partial charge on any atom is -1.00 e. The van der Waals surface area contributed by atoms with Crippen LogP contribution in [0.3, 0.4) is 0 Å². The summed E-state index contributed by atoms with van der Waals surface area (Å²) in [6, 6.07) is 7.09. The van der Waals surface area contributed by atoms with E-state index >= 15 is 0 Å². The zero-order valence-corrected chi connectivity index (χ0v) is 19.7. The Hall–Kier alpha value is -1.40. The summed E-state index contributed by atoms with van der Waals surface area (Å²) in [6.45, 7) is 12.1. The van der Waals surface area contributed by atoms with Crippen molar-refractivity contribution in [2.24, 2.45) is 10.8 Å². The summed E-state index contributed by atoms with van der Waals surface area (Å²) in [4.78, 5) is 11.8. The molecule has 0 bridgehead atoms. The van der Waals surface area contributed by atoms with E-state index in [4.69, 9.17) is 4.74 Å². The lowest BCUT2D eigenvalue weighted by Crippen LogP contribution is -3.00. The van der Waals surface area contributed by atoms with E-state index in [-0.39, 0.29) is 29.3 Å². The van der Waals surface area contributed by atoms with Gasteiger partial charge in [-0.2, -0.15) is 0 Å². The number of benzene rings is 1. The zero-order chi connectivity index (χ0) is 21.7. The van der Waals surface area contributed by atoms with Gasteiger partial charge < -0.3 is 32.7 Å². The van der Waals surface area contributed by atoms with Crippen LogP contribution >= 0.6 is 0 Å². The van der Waals surface area contributed by atoms with Crippen molar-refractivity contribution < 1.29 is 37.5 Å². The molecule has 3 atom stereocenters. The maximum Gasteiger partial charge on any atom is 0.336 e. The van der Waals surface area contributed by atoms with Crippen molar-refractivity contribution >= 4 is 5.97 Å². The summed E-state index contributed by atoms with van der Waals surface area (Å²) in [5.74, 6) is 0.0368. The van der Waals surface area contributed by atoms with Crippen LogP contribution in [0.15, 0.2) is 35.9 Å². The molecule has 1 saturated carbocycles. The van der Waals surface area contributed by atoms with Gasteiger partial charge >= 0.3 is 5.97 Å². The van der Waals surface area contributed by atoms with Gasteiger partial charge in [-0.3, -0.25) is 0 Å². The first-order valence-corrected chi connectivity index (χ1v) is 10.6. The van der Waals surface area contributed by atoms with Crippen molar-refractivity contribution in [3.8, 4) is 5.75 Å². The number of quaternary nitrogens is 1. The second-order valence-corrected chi connectivity index (χ2v) is 10.0. The number of esters is 1. The number of halogens is 1. The largest absolute Gasteiger partial charge is 1.00 e. The van der Waals surface area contributed by atoms with Gasteiger partial charge in [0.15, 0.2) is 0 Å². The average Bonchev–Trinajstić information content (AvgIpc) is 2.55. The van der Waals surface area contributed by atoms with Crippen LogP contribution in [-0.4, -0.2) is 35.4 Å². The molecule has 3 unspecified atom stereocenters. The highest BCUT2D eigenvalue weighted by atomic mass is 35.5. The lowest BCUT2D eigenvalue weighted by Gasteiger charge is -2.44. The van der Waals surface area contributed by atoms with Gasteiger partial charge in [-0.1, -0.05) is 38.5 Å². The number of carbonyl (C=O) groups is 1. The predicted molar refractivity (Wildman–Crippen MR) is 114 cm³/mol. The number of ether oxygens (including phenoxy) is 1. The SMILES string of the molecule is CC(C)=CC(=O)Oc1cccc(C(O)CC[NH2+]CC2(C)CC(O)CC(C)(C)C2)c1.[Cl-]. The van der Waals surface area contributed by atoms with Crippen molar-refractivity contribution in [1.82, 2.24) is 0 Å². The van der Waals surface area contributed by atoms with Crippen LogP contribution in [0.2, 0.25) is 0 Å². The van der Waals surface area contributed by atoms with E-state index in [9.17, 15) is 15.0 Å². The summed E-state index contributed by atoms with van der Waals surface area (Å²) in [7, 11) is 0. The highest BCUT2D eigenvalue weighted by molar-refractivity contribution is 5.84. The van der Waals surface area contributed by atoms with Crippen LogP contribution in [0.25, 0.3) is 0 Å². The van der Waals surface area contributed by atoms with E-state index in [0.29, 0.717) is 12.2 Å². The number of rotatable bonds is 8. The number of allylic oxidation sites excluding steroid dienone is 1. The first-order chi connectivity index (χ1) is 13.5. The summed E-state index contributed by atoms with van der Waals surface area (Å²) in [5.41, 5.74) is 1.92. The van der Waals surface area contributed by atoms with Crippen LogP contribution in [0.1, 0.15) is 72.0 Å². The van der Waals surface area contributed by atoms with Gasteiger partial charge in [0, 0.05) is 17.9 Å².